The molecule has 3 aromatic heterocycles. The van der Waals surface area contributed by atoms with E-state index in [0.29, 0.717) is 23.7 Å². The summed E-state index contributed by atoms with van der Waals surface area (Å²) in [5.41, 5.74) is 0.879. The van der Waals surface area contributed by atoms with Gasteiger partial charge in [-0.2, -0.15) is 5.10 Å². The normalized spacial score (nSPS) is 15.8. The molecule has 1 aliphatic heterocycles. The van der Waals surface area contributed by atoms with Crippen molar-refractivity contribution in [2.75, 3.05) is 11.6 Å². The summed E-state index contributed by atoms with van der Waals surface area (Å²) >= 11 is 1.09. The van der Waals surface area contributed by atoms with Crippen LogP contribution in [0.25, 0.3) is 11.4 Å². The first-order chi connectivity index (χ1) is 15.6. The first-order valence-corrected chi connectivity index (χ1v) is 10.7. The summed E-state index contributed by atoms with van der Waals surface area (Å²) in [5, 5.41) is 14.1. The van der Waals surface area contributed by atoms with E-state index in [0.717, 1.165) is 11.8 Å². The van der Waals surface area contributed by atoms with Crippen molar-refractivity contribution in [2.24, 2.45) is 5.10 Å². The molecule has 1 unspecified atom stereocenters. The van der Waals surface area contributed by atoms with E-state index < -0.39 is 5.82 Å². The quantitative estimate of drug-likeness (QED) is 0.352. The summed E-state index contributed by atoms with van der Waals surface area (Å²) in [6.07, 6.45) is 3.57. The van der Waals surface area contributed by atoms with E-state index in [2.05, 4.69) is 15.3 Å². The lowest BCUT2D eigenvalue weighted by Gasteiger charge is -2.19. The maximum atomic E-state index is 14.1. The van der Waals surface area contributed by atoms with E-state index in [1.54, 1.807) is 55.0 Å². The molecule has 1 atom stereocenters. The van der Waals surface area contributed by atoms with Gasteiger partial charge in [0.25, 0.3) is 5.91 Å². The average Bonchev–Trinajstić information content (AvgIpc) is 3.59. The largest absolute Gasteiger partial charge is 0.467 e. The van der Waals surface area contributed by atoms with Gasteiger partial charge < -0.3 is 14.7 Å². The van der Waals surface area contributed by atoms with Crippen LogP contribution in [-0.2, 0) is 4.79 Å². The van der Waals surface area contributed by atoms with E-state index in [-0.39, 0.29) is 34.2 Å². The van der Waals surface area contributed by atoms with Gasteiger partial charge in [-0.25, -0.2) is 14.1 Å². The second kappa shape index (κ2) is 8.35. The van der Waals surface area contributed by atoms with Gasteiger partial charge in [-0.1, -0.05) is 23.9 Å². The molecule has 0 aliphatic carbocycles. The molecule has 4 heterocycles. The molecule has 1 aromatic carbocycles. The molecule has 11 heteroatoms. The van der Waals surface area contributed by atoms with Crippen LogP contribution in [0.5, 0.6) is 0 Å². The number of carbonyl (C=O) groups is 1. The standard InChI is InChI=1S/C21H17FN6O3S/c22-14-6-2-1-5-13(14)20-24-25-21(27(20)23)32-12-19(29)28-16(18-8-4-10-31-18)11-15(26-28)17-7-3-9-30-17/h1-10,16H,11-12,23H2. The summed E-state index contributed by atoms with van der Waals surface area (Å²) in [6.45, 7) is 0. The van der Waals surface area contributed by atoms with Gasteiger partial charge in [0, 0.05) is 6.42 Å². The number of thioether (sulfide) groups is 1. The minimum absolute atomic E-state index is 0.00124. The molecule has 4 aromatic rings. The van der Waals surface area contributed by atoms with Gasteiger partial charge in [-0.05, 0) is 36.4 Å². The molecular weight excluding hydrogens is 435 g/mol. The third kappa shape index (κ3) is 3.66. The third-order valence-electron chi connectivity index (χ3n) is 4.95. The number of rotatable bonds is 6. The summed E-state index contributed by atoms with van der Waals surface area (Å²) in [4.78, 5) is 13.0. The number of benzene rings is 1. The van der Waals surface area contributed by atoms with Gasteiger partial charge in [0.1, 0.15) is 29.1 Å². The predicted octanol–water partition coefficient (Wildman–Crippen LogP) is 3.45. The van der Waals surface area contributed by atoms with Crippen LogP contribution < -0.4 is 5.84 Å². The Bertz CT molecular complexity index is 1270. The molecule has 5 rings (SSSR count). The van der Waals surface area contributed by atoms with Gasteiger partial charge in [0.2, 0.25) is 5.16 Å². The number of aromatic nitrogens is 3. The minimum atomic E-state index is -0.461. The number of hydrogen-bond acceptors (Lipinski definition) is 8. The highest BCUT2D eigenvalue weighted by molar-refractivity contribution is 7.99. The highest BCUT2D eigenvalue weighted by Crippen LogP contribution is 2.34. The van der Waals surface area contributed by atoms with Crippen LogP contribution in [0, 0.1) is 5.82 Å². The molecule has 0 fully saturated rings. The number of hydrazone groups is 1. The zero-order chi connectivity index (χ0) is 22.1. The molecule has 0 spiro atoms. The zero-order valence-corrected chi connectivity index (χ0v) is 17.4. The number of halogens is 1. The fourth-order valence-corrected chi connectivity index (χ4v) is 4.14. The molecule has 0 saturated carbocycles. The summed E-state index contributed by atoms with van der Waals surface area (Å²) in [5.74, 6) is 6.72. The topological polar surface area (TPSA) is 116 Å². The molecule has 0 radical (unpaired) electrons. The molecule has 0 saturated heterocycles. The van der Waals surface area contributed by atoms with Crippen molar-refractivity contribution in [3.63, 3.8) is 0 Å². The molecular formula is C21H17FN6O3S. The van der Waals surface area contributed by atoms with E-state index in [1.165, 1.54) is 15.8 Å². The number of furan rings is 2. The van der Waals surface area contributed by atoms with Crippen molar-refractivity contribution in [2.45, 2.75) is 17.6 Å². The fraction of sp³-hybridized carbons (Fsp3) is 0.143. The second-order valence-electron chi connectivity index (χ2n) is 6.94. The first kappa shape index (κ1) is 20.1. The van der Waals surface area contributed by atoms with Crippen LogP contribution in [0.3, 0.4) is 0 Å². The zero-order valence-electron chi connectivity index (χ0n) is 16.6. The smallest absolute Gasteiger partial charge is 0.253 e. The Labute approximate surface area is 185 Å². The maximum absolute atomic E-state index is 14.1. The van der Waals surface area contributed by atoms with Gasteiger partial charge in [-0.3, -0.25) is 4.79 Å². The van der Waals surface area contributed by atoms with Crippen molar-refractivity contribution in [3.05, 3.63) is 78.4 Å². The Kier molecular flexibility index (Phi) is 5.23. The highest BCUT2D eigenvalue weighted by Gasteiger charge is 2.35. The van der Waals surface area contributed by atoms with Crippen LogP contribution in [0.1, 0.15) is 24.0 Å². The molecule has 9 nitrogen and oxygen atoms in total. The van der Waals surface area contributed by atoms with Crippen molar-refractivity contribution in [1.82, 2.24) is 19.9 Å². The van der Waals surface area contributed by atoms with Crippen molar-refractivity contribution in [3.8, 4) is 11.4 Å². The monoisotopic (exact) mass is 452 g/mol. The molecule has 2 N–H and O–H groups in total. The highest BCUT2D eigenvalue weighted by atomic mass is 32.2. The average molecular weight is 452 g/mol. The molecule has 32 heavy (non-hydrogen) atoms. The van der Waals surface area contributed by atoms with E-state index in [4.69, 9.17) is 14.7 Å². The van der Waals surface area contributed by atoms with Crippen LogP contribution in [0.15, 0.2) is 80.1 Å². The van der Waals surface area contributed by atoms with E-state index >= 15 is 0 Å². The van der Waals surface area contributed by atoms with Crippen LogP contribution in [0.2, 0.25) is 0 Å². The lowest BCUT2D eigenvalue weighted by atomic mass is 10.1. The van der Waals surface area contributed by atoms with Crippen LogP contribution in [-0.4, -0.2) is 37.3 Å². The van der Waals surface area contributed by atoms with Crippen molar-refractivity contribution >= 4 is 23.4 Å². The fourth-order valence-electron chi connectivity index (χ4n) is 3.43. The molecule has 1 aliphatic rings. The molecule has 0 bridgehead atoms. The molecule has 1 amide bonds. The number of nitrogen functional groups attached to an aromatic ring is 1. The van der Waals surface area contributed by atoms with E-state index in [1.807, 2.05) is 0 Å². The van der Waals surface area contributed by atoms with Crippen molar-refractivity contribution in [1.29, 1.82) is 0 Å². The minimum Gasteiger partial charge on any atom is -0.467 e. The lowest BCUT2D eigenvalue weighted by molar-refractivity contribution is -0.130. The number of amides is 1. The van der Waals surface area contributed by atoms with E-state index in [9.17, 15) is 9.18 Å². The Morgan fingerprint density at radius 2 is 1.94 bits per heavy atom. The van der Waals surface area contributed by atoms with Gasteiger partial charge >= 0.3 is 0 Å². The van der Waals surface area contributed by atoms with Gasteiger partial charge in [-0.15, -0.1) is 10.2 Å². The number of nitrogens with zero attached hydrogens (tertiary/aromatic N) is 5. The Balaban J connectivity index is 1.34. The second-order valence-corrected chi connectivity index (χ2v) is 7.88. The first-order valence-electron chi connectivity index (χ1n) is 9.67. The lowest BCUT2D eigenvalue weighted by Crippen LogP contribution is -2.28. The van der Waals surface area contributed by atoms with Crippen LogP contribution in [0.4, 0.5) is 4.39 Å². The van der Waals surface area contributed by atoms with Gasteiger partial charge in [0.05, 0.1) is 23.8 Å². The molecule has 162 valence electrons. The Morgan fingerprint density at radius 1 is 1.12 bits per heavy atom. The SMILES string of the molecule is Nn1c(SCC(=O)N2N=C(c3ccco3)CC2c2ccco2)nnc1-c1ccccc1F. The van der Waals surface area contributed by atoms with Crippen molar-refractivity contribution < 1.29 is 18.0 Å². The van der Waals surface area contributed by atoms with Gasteiger partial charge in [0.15, 0.2) is 5.82 Å². The maximum Gasteiger partial charge on any atom is 0.253 e. The van der Waals surface area contributed by atoms with Crippen LogP contribution >= 0.6 is 11.8 Å². The predicted molar refractivity (Wildman–Crippen MR) is 114 cm³/mol. The summed E-state index contributed by atoms with van der Waals surface area (Å²) < 4.78 is 26.2. The Hall–Kier alpha value is -3.86. The summed E-state index contributed by atoms with van der Waals surface area (Å²) in [6, 6.07) is 12.9. The number of hydrogen-bond donors (Lipinski definition) is 1. The number of nitrogens with two attached hydrogens (primary N) is 1. The Morgan fingerprint density at radius 3 is 2.69 bits per heavy atom. The summed E-state index contributed by atoms with van der Waals surface area (Å²) in [7, 11) is 0. The number of carbonyl (C=O) groups excluding carboxylic acids is 1. The third-order valence-corrected chi connectivity index (χ3v) is 5.87.